The number of ether oxygens (including phenoxy) is 1. The fourth-order valence-corrected chi connectivity index (χ4v) is 1.50. The summed E-state index contributed by atoms with van der Waals surface area (Å²) in [4.78, 5) is 13.6. The maximum absolute atomic E-state index is 12.0. The third-order valence-electron chi connectivity index (χ3n) is 2.68. The highest BCUT2D eigenvalue weighted by Crippen LogP contribution is 2.15. The van der Waals surface area contributed by atoms with Crippen molar-refractivity contribution in [2.45, 2.75) is 25.5 Å². The second-order valence-corrected chi connectivity index (χ2v) is 4.06. The number of methoxy groups -OCH3 is 1. The molecule has 0 aromatic heterocycles. The van der Waals surface area contributed by atoms with Crippen LogP contribution in [-0.4, -0.2) is 49.2 Å². The highest BCUT2D eigenvalue weighted by atomic mass is 16.5. The second kappa shape index (κ2) is 4.60. The Hall–Kier alpha value is -1.12. The normalized spacial score (nSPS) is 22.3. The summed E-state index contributed by atoms with van der Waals surface area (Å²) < 4.78 is 5.12. The smallest absolute Gasteiger partial charge is 0.255 e. The summed E-state index contributed by atoms with van der Waals surface area (Å²) >= 11 is 0. The van der Waals surface area contributed by atoms with E-state index in [1.807, 2.05) is 0 Å². The van der Waals surface area contributed by atoms with E-state index in [4.69, 9.17) is 10.00 Å². The van der Waals surface area contributed by atoms with Crippen LogP contribution >= 0.6 is 0 Å². The van der Waals surface area contributed by atoms with Crippen LogP contribution in [0.25, 0.3) is 0 Å². The molecule has 5 nitrogen and oxygen atoms in total. The van der Waals surface area contributed by atoms with Gasteiger partial charge in [0.25, 0.3) is 5.91 Å². The van der Waals surface area contributed by atoms with E-state index < -0.39 is 5.60 Å². The van der Waals surface area contributed by atoms with Crippen molar-refractivity contribution in [3.05, 3.63) is 0 Å². The van der Waals surface area contributed by atoms with Crippen molar-refractivity contribution < 1.29 is 9.53 Å². The molecule has 0 bridgehead atoms. The van der Waals surface area contributed by atoms with Crippen LogP contribution in [0.5, 0.6) is 0 Å². The molecule has 84 valence electrons. The number of carbonyl (C=O) groups is 1. The fourth-order valence-electron chi connectivity index (χ4n) is 1.50. The number of carbonyl (C=O) groups excluding carboxylic acids is 1. The summed E-state index contributed by atoms with van der Waals surface area (Å²) in [6, 6.07) is 1.73. The maximum atomic E-state index is 12.0. The van der Waals surface area contributed by atoms with Gasteiger partial charge in [0, 0.05) is 26.7 Å². The van der Waals surface area contributed by atoms with E-state index in [1.54, 1.807) is 18.7 Å². The first-order valence-electron chi connectivity index (χ1n) is 4.99. The molecule has 1 aliphatic heterocycles. The monoisotopic (exact) mass is 211 g/mol. The Kier molecular flexibility index (Phi) is 3.66. The topological polar surface area (TPSA) is 65.4 Å². The molecule has 0 radical (unpaired) electrons. The molecule has 0 spiro atoms. The molecular weight excluding hydrogens is 194 g/mol. The zero-order chi connectivity index (χ0) is 11.5. The minimum absolute atomic E-state index is 0.127. The van der Waals surface area contributed by atoms with E-state index in [0.717, 1.165) is 6.54 Å². The van der Waals surface area contributed by atoms with Crippen LogP contribution in [-0.2, 0) is 9.53 Å². The van der Waals surface area contributed by atoms with Crippen LogP contribution in [0, 0.1) is 11.3 Å². The first-order valence-corrected chi connectivity index (χ1v) is 4.99. The average molecular weight is 211 g/mol. The van der Waals surface area contributed by atoms with Gasteiger partial charge in [-0.1, -0.05) is 0 Å². The molecule has 1 N–H and O–H groups in total. The van der Waals surface area contributed by atoms with E-state index in [2.05, 4.69) is 11.4 Å². The number of nitriles is 1. The summed E-state index contributed by atoms with van der Waals surface area (Å²) in [7, 11) is 1.50. The Morgan fingerprint density at radius 2 is 2.33 bits per heavy atom. The summed E-state index contributed by atoms with van der Waals surface area (Å²) in [6.45, 7) is 5.24. The van der Waals surface area contributed by atoms with Crippen molar-refractivity contribution in [1.82, 2.24) is 10.2 Å². The lowest BCUT2D eigenvalue weighted by atomic mass is 10.1. The van der Waals surface area contributed by atoms with Gasteiger partial charge in [-0.3, -0.25) is 4.79 Å². The summed E-state index contributed by atoms with van der Waals surface area (Å²) in [5.74, 6) is -0.127. The van der Waals surface area contributed by atoms with Gasteiger partial charge >= 0.3 is 0 Å². The minimum atomic E-state index is -0.855. The van der Waals surface area contributed by atoms with Gasteiger partial charge in [0.05, 0.1) is 6.07 Å². The van der Waals surface area contributed by atoms with Crippen molar-refractivity contribution in [2.75, 3.05) is 26.7 Å². The molecule has 0 saturated carbocycles. The Morgan fingerprint density at radius 1 is 1.67 bits per heavy atom. The van der Waals surface area contributed by atoms with Crippen LogP contribution < -0.4 is 5.32 Å². The van der Waals surface area contributed by atoms with Crippen molar-refractivity contribution in [3.8, 4) is 6.07 Å². The van der Waals surface area contributed by atoms with Gasteiger partial charge in [0.2, 0.25) is 0 Å². The SMILES string of the molecule is COC(C)(C)C(=O)N1CCNCC1C#N. The third-order valence-corrected chi connectivity index (χ3v) is 2.68. The maximum Gasteiger partial charge on any atom is 0.255 e. The molecule has 1 amide bonds. The molecule has 1 unspecified atom stereocenters. The molecule has 1 atom stereocenters. The molecule has 1 aliphatic rings. The molecule has 15 heavy (non-hydrogen) atoms. The van der Waals surface area contributed by atoms with E-state index in [-0.39, 0.29) is 11.9 Å². The molecule has 1 saturated heterocycles. The lowest BCUT2D eigenvalue weighted by Crippen LogP contribution is -2.58. The largest absolute Gasteiger partial charge is 0.369 e. The number of amides is 1. The van der Waals surface area contributed by atoms with Gasteiger partial charge in [-0.05, 0) is 13.8 Å². The van der Waals surface area contributed by atoms with Gasteiger partial charge in [-0.15, -0.1) is 0 Å². The first kappa shape index (κ1) is 12.0. The molecule has 0 aromatic carbocycles. The van der Waals surface area contributed by atoms with E-state index in [9.17, 15) is 4.79 Å². The lowest BCUT2D eigenvalue weighted by molar-refractivity contribution is -0.153. The van der Waals surface area contributed by atoms with Crippen molar-refractivity contribution in [3.63, 3.8) is 0 Å². The van der Waals surface area contributed by atoms with Crippen molar-refractivity contribution in [1.29, 1.82) is 5.26 Å². The van der Waals surface area contributed by atoms with E-state index in [0.29, 0.717) is 13.1 Å². The van der Waals surface area contributed by atoms with Gasteiger partial charge in [0.15, 0.2) is 0 Å². The molecule has 1 fully saturated rings. The Morgan fingerprint density at radius 3 is 2.87 bits per heavy atom. The number of nitrogens with zero attached hydrogens (tertiary/aromatic N) is 2. The summed E-state index contributed by atoms with van der Waals surface area (Å²) in [5.41, 5.74) is -0.855. The van der Waals surface area contributed by atoms with Crippen LogP contribution in [0.4, 0.5) is 0 Å². The van der Waals surface area contributed by atoms with Crippen molar-refractivity contribution >= 4 is 5.91 Å². The van der Waals surface area contributed by atoms with Crippen LogP contribution in [0.1, 0.15) is 13.8 Å². The number of rotatable bonds is 2. The van der Waals surface area contributed by atoms with Gasteiger partial charge in [0.1, 0.15) is 11.6 Å². The molecule has 1 rings (SSSR count). The van der Waals surface area contributed by atoms with Crippen LogP contribution in [0.3, 0.4) is 0 Å². The quantitative estimate of drug-likeness (QED) is 0.683. The zero-order valence-corrected chi connectivity index (χ0v) is 9.41. The summed E-state index contributed by atoms with van der Waals surface area (Å²) in [5, 5.41) is 12.0. The molecule has 5 heteroatoms. The molecule has 0 aromatic rings. The molecular formula is C10H17N3O2. The van der Waals surface area contributed by atoms with Gasteiger partial charge in [-0.2, -0.15) is 5.26 Å². The standard InChI is InChI=1S/C10H17N3O2/c1-10(2,15-3)9(14)13-5-4-12-7-8(13)6-11/h8,12H,4-5,7H2,1-3H3. The average Bonchev–Trinajstić information content (AvgIpc) is 2.28. The van der Waals surface area contributed by atoms with Crippen LogP contribution in [0.15, 0.2) is 0 Å². The minimum Gasteiger partial charge on any atom is -0.369 e. The predicted molar refractivity (Wildman–Crippen MR) is 55.1 cm³/mol. The van der Waals surface area contributed by atoms with Crippen molar-refractivity contribution in [2.24, 2.45) is 0 Å². The number of nitrogens with one attached hydrogen (secondary N) is 1. The Balaban J connectivity index is 2.77. The fraction of sp³-hybridized carbons (Fsp3) is 0.800. The van der Waals surface area contributed by atoms with Crippen LogP contribution in [0.2, 0.25) is 0 Å². The van der Waals surface area contributed by atoms with Gasteiger partial charge in [-0.25, -0.2) is 0 Å². The van der Waals surface area contributed by atoms with E-state index in [1.165, 1.54) is 7.11 Å². The zero-order valence-electron chi connectivity index (χ0n) is 9.41. The molecule has 1 heterocycles. The lowest BCUT2D eigenvalue weighted by Gasteiger charge is -2.36. The number of hydrogen-bond donors (Lipinski definition) is 1. The number of hydrogen-bond acceptors (Lipinski definition) is 4. The highest BCUT2D eigenvalue weighted by Gasteiger charge is 2.36. The number of piperazine rings is 1. The Bertz CT molecular complexity index is 283. The second-order valence-electron chi connectivity index (χ2n) is 4.06. The molecule has 0 aliphatic carbocycles. The predicted octanol–water partition coefficient (Wildman–Crippen LogP) is -0.265. The Labute approximate surface area is 90.0 Å². The summed E-state index contributed by atoms with van der Waals surface area (Å²) in [6.07, 6.45) is 0. The van der Waals surface area contributed by atoms with E-state index >= 15 is 0 Å². The first-order chi connectivity index (χ1) is 7.03. The van der Waals surface area contributed by atoms with Gasteiger partial charge < -0.3 is 15.0 Å². The highest BCUT2D eigenvalue weighted by molar-refractivity contribution is 5.85. The third kappa shape index (κ3) is 2.46.